The molecule has 1 aliphatic rings. The summed E-state index contributed by atoms with van der Waals surface area (Å²) in [5.41, 5.74) is 2.60. The number of nitrogens with one attached hydrogen (secondary N) is 1. The van der Waals surface area contributed by atoms with Gasteiger partial charge in [-0.25, -0.2) is 8.42 Å². The summed E-state index contributed by atoms with van der Waals surface area (Å²) in [5, 5.41) is 3.78. The highest BCUT2D eigenvalue weighted by Gasteiger charge is 2.29. The molecule has 1 amide bonds. The van der Waals surface area contributed by atoms with Gasteiger partial charge >= 0.3 is 0 Å². The van der Waals surface area contributed by atoms with Crippen LogP contribution in [0.15, 0.2) is 42.5 Å². The standard InChI is InChI=1S/C20H22Cl2N2O3S/c1-14(12-16-6-7-17(21)13-18(16)22)20(25)23-9-11-28(26,27)24-10-8-15-4-2-3-5-19(15)24/h2-7,13-14H,8-12H2,1H3,(H,23,25). The number of anilines is 1. The van der Waals surface area contributed by atoms with E-state index >= 15 is 0 Å². The minimum Gasteiger partial charge on any atom is -0.355 e. The summed E-state index contributed by atoms with van der Waals surface area (Å²) in [4.78, 5) is 12.3. The Labute approximate surface area is 175 Å². The van der Waals surface area contributed by atoms with Crippen LogP contribution < -0.4 is 9.62 Å². The number of hydrogen-bond acceptors (Lipinski definition) is 3. The highest BCUT2D eigenvalue weighted by atomic mass is 35.5. The number of benzene rings is 2. The Bertz CT molecular complexity index is 979. The largest absolute Gasteiger partial charge is 0.355 e. The predicted molar refractivity (Wildman–Crippen MR) is 114 cm³/mol. The molecular weight excluding hydrogens is 419 g/mol. The van der Waals surface area contributed by atoms with Crippen LogP contribution in [-0.2, 0) is 27.7 Å². The Balaban J connectivity index is 1.53. The first-order valence-electron chi connectivity index (χ1n) is 9.08. The van der Waals surface area contributed by atoms with Gasteiger partial charge in [0.25, 0.3) is 0 Å². The number of hydrogen-bond donors (Lipinski definition) is 1. The van der Waals surface area contributed by atoms with E-state index in [0.717, 1.165) is 16.8 Å². The Morgan fingerprint density at radius 2 is 1.96 bits per heavy atom. The lowest BCUT2D eigenvalue weighted by Crippen LogP contribution is -2.38. The SMILES string of the molecule is CC(Cc1ccc(Cl)cc1Cl)C(=O)NCCS(=O)(=O)N1CCc2ccccc21. The van der Waals surface area contributed by atoms with E-state index in [1.807, 2.05) is 24.3 Å². The average molecular weight is 441 g/mol. The lowest BCUT2D eigenvalue weighted by molar-refractivity contribution is -0.124. The van der Waals surface area contributed by atoms with E-state index in [1.165, 1.54) is 4.31 Å². The van der Waals surface area contributed by atoms with Crippen LogP contribution in [0.2, 0.25) is 10.0 Å². The average Bonchev–Trinajstić information content (AvgIpc) is 3.08. The summed E-state index contributed by atoms with van der Waals surface area (Å²) >= 11 is 12.0. The van der Waals surface area contributed by atoms with Crippen molar-refractivity contribution in [1.82, 2.24) is 5.32 Å². The summed E-state index contributed by atoms with van der Waals surface area (Å²) in [6, 6.07) is 12.7. The number of amides is 1. The van der Waals surface area contributed by atoms with Crippen LogP contribution in [0, 0.1) is 5.92 Å². The van der Waals surface area contributed by atoms with E-state index in [1.54, 1.807) is 25.1 Å². The third-order valence-corrected chi connectivity index (χ3v) is 7.19. The molecule has 150 valence electrons. The first-order valence-corrected chi connectivity index (χ1v) is 11.4. The van der Waals surface area contributed by atoms with Gasteiger partial charge in [-0.1, -0.05) is 54.4 Å². The van der Waals surface area contributed by atoms with Crippen LogP contribution in [0.3, 0.4) is 0 Å². The summed E-state index contributed by atoms with van der Waals surface area (Å²) < 4.78 is 26.8. The van der Waals surface area contributed by atoms with Crippen molar-refractivity contribution in [2.75, 3.05) is 23.1 Å². The van der Waals surface area contributed by atoms with Crippen molar-refractivity contribution in [3.63, 3.8) is 0 Å². The van der Waals surface area contributed by atoms with E-state index in [0.29, 0.717) is 29.4 Å². The lowest BCUT2D eigenvalue weighted by atomic mass is 10.0. The molecule has 5 nitrogen and oxygen atoms in total. The predicted octanol–water partition coefficient (Wildman–Crippen LogP) is 3.68. The van der Waals surface area contributed by atoms with E-state index in [-0.39, 0.29) is 24.1 Å². The molecule has 1 atom stereocenters. The van der Waals surface area contributed by atoms with Crippen molar-refractivity contribution in [2.45, 2.75) is 19.8 Å². The normalized spacial score (nSPS) is 14.6. The third-order valence-electron chi connectivity index (χ3n) is 4.83. The van der Waals surface area contributed by atoms with E-state index < -0.39 is 10.0 Å². The summed E-state index contributed by atoms with van der Waals surface area (Å²) in [7, 11) is -3.48. The quantitative estimate of drug-likeness (QED) is 0.713. The molecule has 0 aromatic heterocycles. The number of carbonyl (C=O) groups is 1. The molecule has 8 heteroatoms. The van der Waals surface area contributed by atoms with Gasteiger partial charge in [0.15, 0.2) is 0 Å². The maximum absolute atomic E-state index is 12.7. The highest BCUT2D eigenvalue weighted by Crippen LogP contribution is 2.30. The van der Waals surface area contributed by atoms with Crippen molar-refractivity contribution in [3.05, 3.63) is 63.6 Å². The van der Waals surface area contributed by atoms with Crippen LogP contribution >= 0.6 is 23.2 Å². The molecular formula is C20H22Cl2N2O3S. The van der Waals surface area contributed by atoms with Gasteiger partial charge in [-0.15, -0.1) is 0 Å². The van der Waals surface area contributed by atoms with Gasteiger partial charge in [-0.05, 0) is 42.2 Å². The molecule has 0 bridgehead atoms. The number of halogens is 2. The minimum atomic E-state index is -3.48. The maximum Gasteiger partial charge on any atom is 0.236 e. The van der Waals surface area contributed by atoms with Gasteiger partial charge in [0.05, 0.1) is 11.4 Å². The molecule has 2 aromatic rings. The fourth-order valence-electron chi connectivity index (χ4n) is 3.29. The monoisotopic (exact) mass is 440 g/mol. The number of sulfonamides is 1. The zero-order valence-corrected chi connectivity index (χ0v) is 17.8. The molecule has 1 unspecified atom stereocenters. The third kappa shape index (κ3) is 4.80. The molecule has 3 rings (SSSR count). The van der Waals surface area contributed by atoms with Crippen LogP contribution in [-0.4, -0.2) is 33.2 Å². The zero-order valence-electron chi connectivity index (χ0n) is 15.5. The fraction of sp³-hybridized carbons (Fsp3) is 0.350. The van der Waals surface area contributed by atoms with Crippen LogP contribution in [0.5, 0.6) is 0 Å². The second-order valence-corrected chi connectivity index (χ2v) is 9.76. The summed E-state index contributed by atoms with van der Waals surface area (Å²) in [6.07, 6.45) is 1.16. The Hall–Kier alpha value is -1.76. The molecule has 0 radical (unpaired) electrons. The first kappa shape index (κ1) is 21.0. The van der Waals surface area contributed by atoms with Crippen molar-refractivity contribution in [1.29, 1.82) is 0 Å². The minimum absolute atomic E-state index is 0.0680. The second-order valence-electron chi connectivity index (χ2n) is 6.90. The second kappa shape index (κ2) is 8.72. The molecule has 0 saturated heterocycles. The molecule has 1 aliphatic heterocycles. The number of fused-ring (bicyclic) bond motifs is 1. The Morgan fingerprint density at radius 3 is 2.71 bits per heavy atom. The fourth-order valence-corrected chi connectivity index (χ4v) is 5.21. The molecule has 0 spiro atoms. The van der Waals surface area contributed by atoms with Crippen LogP contribution in [0.25, 0.3) is 0 Å². The number of carbonyl (C=O) groups excluding carboxylic acids is 1. The van der Waals surface area contributed by atoms with Crippen molar-refractivity contribution >= 4 is 44.8 Å². The molecule has 0 aliphatic carbocycles. The smallest absolute Gasteiger partial charge is 0.236 e. The Morgan fingerprint density at radius 1 is 1.21 bits per heavy atom. The zero-order chi connectivity index (χ0) is 20.3. The van der Waals surface area contributed by atoms with E-state index in [2.05, 4.69) is 5.32 Å². The highest BCUT2D eigenvalue weighted by molar-refractivity contribution is 7.92. The molecule has 2 aromatic carbocycles. The van der Waals surface area contributed by atoms with Gasteiger partial charge in [0.1, 0.15) is 0 Å². The molecule has 1 heterocycles. The molecule has 0 fully saturated rings. The topological polar surface area (TPSA) is 66.5 Å². The van der Waals surface area contributed by atoms with Crippen molar-refractivity contribution < 1.29 is 13.2 Å². The number of para-hydroxylation sites is 1. The van der Waals surface area contributed by atoms with Crippen molar-refractivity contribution in [2.24, 2.45) is 5.92 Å². The van der Waals surface area contributed by atoms with Crippen LogP contribution in [0.4, 0.5) is 5.69 Å². The van der Waals surface area contributed by atoms with Gasteiger partial charge < -0.3 is 5.32 Å². The molecule has 1 N–H and O–H groups in total. The lowest BCUT2D eigenvalue weighted by Gasteiger charge is -2.20. The van der Waals surface area contributed by atoms with Gasteiger partial charge in [0, 0.05) is 29.1 Å². The number of rotatable bonds is 7. The summed E-state index contributed by atoms with van der Waals surface area (Å²) in [6.45, 7) is 2.30. The number of nitrogens with zero attached hydrogens (tertiary/aromatic N) is 1. The van der Waals surface area contributed by atoms with Crippen LogP contribution in [0.1, 0.15) is 18.1 Å². The van der Waals surface area contributed by atoms with E-state index in [9.17, 15) is 13.2 Å². The van der Waals surface area contributed by atoms with E-state index in [4.69, 9.17) is 23.2 Å². The van der Waals surface area contributed by atoms with Crippen molar-refractivity contribution in [3.8, 4) is 0 Å². The first-order chi connectivity index (χ1) is 13.3. The van der Waals surface area contributed by atoms with Gasteiger partial charge in [-0.2, -0.15) is 0 Å². The Kier molecular flexibility index (Phi) is 6.53. The molecule has 28 heavy (non-hydrogen) atoms. The van der Waals surface area contributed by atoms with Gasteiger partial charge in [0.2, 0.25) is 15.9 Å². The maximum atomic E-state index is 12.7. The summed E-state index contributed by atoms with van der Waals surface area (Å²) in [5.74, 6) is -0.682. The van der Waals surface area contributed by atoms with Gasteiger partial charge in [-0.3, -0.25) is 9.10 Å². The molecule has 0 saturated carbocycles.